The summed E-state index contributed by atoms with van der Waals surface area (Å²) in [6, 6.07) is 19.2. The van der Waals surface area contributed by atoms with Gasteiger partial charge in [-0.1, -0.05) is 12.1 Å². The number of rotatable bonds is 7. The molecule has 0 aliphatic carbocycles. The van der Waals surface area contributed by atoms with Gasteiger partial charge in [0.05, 0.1) is 23.7 Å². The second kappa shape index (κ2) is 9.71. The van der Waals surface area contributed by atoms with Crippen molar-refractivity contribution < 1.29 is 8.42 Å². The van der Waals surface area contributed by atoms with Gasteiger partial charge in [-0.25, -0.2) is 8.42 Å². The van der Waals surface area contributed by atoms with Crippen LogP contribution in [0.4, 0.5) is 11.4 Å². The summed E-state index contributed by atoms with van der Waals surface area (Å²) in [5.74, 6) is 0. The van der Waals surface area contributed by atoms with E-state index in [2.05, 4.69) is 47.8 Å². The molecule has 1 saturated heterocycles. The second-order valence-electron chi connectivity index (χ2n) is 8.79. The van der Waals surface area contributed by atoms with E-state index < -0.39 is 10.0 Å². The van der Waals surface area contributed by atoms with Gasteiger partial charge < -0.3 is 14.8 Å². The summed E-state index contributed by atoms with van der Waals surface area (Å²) >= 11 is 5.84. The molecule has 4 heterocycles. The van der Waals surface area contributed by atoms with Gasteiger partial charge in [-0.3, -0.25) is 14.7 Å². The van der Waals surface area contributed by atoms with Gasteiger partial charge in [0.15, 0.2) is 5.11 Å². The second-order valence-corrected chi connectivity index (χ2v) is 10.9. The fourth-order valence-corrected chi connectivity index (χ4v) is 5.55. The van der Waals surface area contributed by atoms with E-state index in [1.54, 1.807) is 18.5 Å². The number of pyridine rings is 2. The first-order valence-electron chi connectivity index (χ1n) is 11.4. The molecule has 4 aromatic rings. The third-order valence-electron chi connectivity index (χ3n) is 6.12. The fourth-order valence-electron chi connectivity index (χ4n) is 4.57. The van der Waals surface area contributed by atoms with Crippen molar-refractivity contribution in [3.63, 3.8) is 0 Å². The van der Waals surface area contributed by atoms with Gasteiger partial charge >= 0.3 is 0 Å². The molecule has 3 aromatic heterocycles. The molecule has 10 heteroatoms. The minimum Gasteiger partial charge on any atom is -0.351 e. The summed E-state index contributed by atoms with van der Waals surface area (Å²) in [4.78, 5) is 11.0. The summed E-state index contributed by atoms with van der Waals surface area (Å²) in [5, 5.41) is 4.06. The maximum absolute atomic E-state index is 11.8. The Morgan fingerprint density at radius 1 is 1.08 bits per heavy atom. The van der Waals surface area contributed by atoms with E-state index in [0.717, 1.165) is 34.5 Å². The Morgan fingerprint density at radius 3 is 2.64 bits per heavy atom. The summed E-state index contributed by atoms with van der Waals surface area (Å²) in [5.41, 5.74) is 5.24. The quantitative estimate of drug-likeness (QED) is 0.355. The first-order chi connectivity index (χ1) is 17.3. The lowest BCUT2D eigenvalue weighted by atomic mass is 10.0. The van der Waals surface area contributed by atoms with Crippen molar-refractivity contribution in [2.45, 2.75) is 25.6 Å². The Kier molecular flexibility index (Phi) is 6.46. The minimum atomic E-state index is -3.39. The van der Waals surface area contributed by atoms with Gasteiger partial charge in [0.2, 0.25) is 10.0 Å². The molecule has 2 N–H and O–H groups in total. The van der Waals surface area contributed by atoms with Crippen molar-refractivity contribution in [1.29, 1.82) is 0 Å². The van der Waals surface area contributed by atoms with Crippen LogP contribution in [0.2, 0.25) is 0 Å². The minimum absolute atomic E-state index is 0.185. The van der Waals surface area contributed by atoms with Crippen LogP contribution in [-0.2, 0) is 16.6 Å². The zero-order valence-electron chi connectivity index (χ0n) is 19.9. The Hall–Kier alpha value is -3.76. The van der Waals surface area contributed by atoms with Crippen molar-refractivity contribution >= 4 is 38.7 Å². The Balaban J connectivity index is 1.58. The van der Waals surface area contributed by atoms with Crippen molar-refractivity contribution in [2.75, 3.05) is 15.9 Å². The van der Waals surface area contributed by atoms with E-state index in [4.69, 9.17) is 12.2 Å². The number of hydrogen-bond acceptors (Lipinski definition) is 5. The van der Waals surface area contributed by atoms with Crippen LogP contribution >= 0.6 is 12.2 Å². The van der Waals surface area contributed by atoms with E-state index in [1.165, 1.54) is 0 Å². The molecule has 1 aromatic carbocycles. The highest BCUT2D eigenvalue weighted by Crippen LogP contribution is 2.42. The Bertz CT molecular complexity index is 1490. The number of thiocarbonyl (C=S) groups is 1. The first-order valence-corrected chi connectivity index (χ1v) is 13.7. The van der Waals surface area contributed by atoms with Crippen LogP contribution in [0.1, 0.15) is 34.6 Å². The zero-order valence-corrected chi connectivity index (χ0v) is 21.5. The molecular formula is C26H26N6O2S2. The maximum atomic E-state index is 11.8. The number of aryl methyl sites for hydroxylation is 1. The number of nitrogens with zero attached hydrogens (tertiary/aromatic N) is 4. The molecule has 0 radical (unpaired) electrons. The number of aromatic nitrogens is 3. The molecule has 36 heavy (non-hydrogen) atoms. The molecule has 184 valence electrons. The molecule has 0 amide bonds. The van der Waals surface area contributed by atoms with E-state index in [-0.39, 0.29) is 12.1 Å². The van der Waals surface area contributed by atoms with Crippen LogP contribution in [0.25, 0.3) is 0 Å². The number of sulfonamides is 1. The largest absolute Gasteiger partial charge is 0.351 e. The highest BCUT2D eigenvalue weighted by atomic mass is 32.2. The van der Waals surface area contributed by atoms with Gasteiger partial charge in [-0.2, -0.15) is 0 Å². The van der Waals surface area contributed by atoms with Crippen molar-refractivity contribution in [3.05, 3.63) is 108 Å². The molecule has 1 aliphatic heterocycles. The molecule has 2 atom stereocenters. The highest BCUT2D eigenvalue weighted by molar-refractivity contribution is 7.92. The van der Waals surface area contributed by atoms with Crippen molar-refractivity contribution in [3.8, 4) is 0 Å². The van der Waals surface area contributed by atoms with Crippen LogP contribution in [0, 0.1) is 6.92 Å². The molecule has 1 fully saturated rings. The lowest BCUT2D eigenvalue weighted by Gasteiger charge is -2.29. The van der Waals surface area contributed by atoms with Crippen LogP contribution < -0.4 is 14.9 Å². The van der Waals surface area contributed by atoms with Crippen molar-refractivity contribution in [1.82, 2.24) is 19.9 Å². The molecular weight excluding hydrogens is 492 g/mol. The standard InChI is InChI=1S/C26H26N6O2S2/c1-18-15-20(10-11-21(18)30-36(2,33)34)32-25(24(29-26(32)35)22-8-3-4-13-28-22)23-9-6-14-31(23)17-19-7-5-12-27-16-19/h3-16,24-25,30H,17H2,1-2H3,(H,29,35)/t24-,25+/m1/s1. The molecule has 1 aliphatic rings. The molecule has 0 saturated carbocycles. The third kappa shape index (κ3) is 4.95. The van der Waals surface area contributed by atoms with E-state index in [0.29, 0.717) is 17.3 Å². The Morgan fingerprint density at radius 2 is 1.94 bits per heavy atom. The number of benzene rings is 1. The average Bonchev–Trinajstić information content (AvgIpc) is 3.44. The predicted molar refractivity (Wildman–Crippen MR) is 145 cm³/mol. The topological polar surface area (TPSA) is 92.2 Å². The van der Waals surface area contributed by atoms with E-state index >= 15 is 0 Å². The Labute approximate surface area is 216 Å². The zero-order chi connectivity index (χ0) is 25.3. The van der Waals surface area contributed by atoms with Gasteiger partial charge in [0, 0.05) is 42.7 Å². The molecule has 0 unspecified atom stereocenters. The fraction of sp³-hybridized carbons (Fsp3) is 0.192. The van der Waals surface area contributed by atoms with Gasteiger partial charge in [-0.05, 0) is 78.8 Å². The van der Waals surface area contributed by atoms with Gasteiger partial charge in [-0.15, -0.1) is 0 Å². The summed E-state index contributed by atoms with van der Waals surface area (Å²) in [7, 11) is -3.39. The van der Waals surface area contributed by atoms with E-state index in [9.17, 15) is 8.42 Å². The molecule has 5 rings (SSSR count). The molecule has 0 bridgehead atoms. The van der Waals surface area contributed by atoms with Crippen LogP contribution in [0.5, 0.6) is 0 Å². The lowest BCUT2D eigenvalue weighted by molar-refractivity contribution is 0.533. The van der Waals surface area contributed by atoms with Crippen LogP contribution in [0.3, 0.4) is 0 Å². The smallest absolute Gasteiger partial charge is 0.229 e. The first kappa shape index (κ1) is 24.0. The summed E-state index contributed by atoms with van der Waals surface area (Å²) < 4.78 is 28.3. The number of anilines is 2. The van der Waals surface area contributed by atoms with Crippen molar-refractivity contribution in [2.24, 2.45) is 0 Å². The maximum Gasteiger partial charge on any atom is 0.229 e. The summed E-state index contributed by atoms with van der Waals surface area (Å²) in [6.07, 6.45) is 8.62. The predicted octanol–water partition coefficient (Wildman–Crippen LogP) is 4.18. The normalized spacial score (nSPS) is 17.7. The summed E-state index contributed by atoms with van der Waals surface area (Å²) in [6.45, 7) is 2.54. The van der Waals surface area contributed by atoms with E-state index in [1.807, 2.05) is 55.6 Å². The molecule has 8 nitrogen and oxygen atoms in total. The number of hydrogen-bond donors (Lipinski definition) is 2. The van der Waals surface area contributed by atoms with Gasteiger partial charge in [0.1, 0.15) is 6.04 Å². The average molecular weight is 519 g/mol. The SMILES string of the molecule is Cc1cc(N2C(=S)N[C@H](c3ccccn3)[C@@H]2c2cccn2Cc2cccnc2)ccc1NS(C)(=O)=O. The molecule has 0 spiro atoms. The lowest BCUT2D eigenvalue weighted by Crippen LogP contribution is -2.30. The van der Waals surface area contributed by atoms with Crippen LogP contribution in [0.15, 0.2) is 85.5 Å². The van der Waals surface area contributed by atoms with Gasteiger partial charge in [0.25, 0.3) is 0 Å². The monoisotopic (exact) mass is 518 g/mol. The van der Waals surface area contributed by atoms with Crippen LogP contribution in [-0.4, -0.2) is 34.3 Å². The number of nitrogens with one attached hydrogen (secondary N) is 2. The third-order valence-corrected chi connectivity index (χ3v) is 7.03. The highest BCUT2D eigenvalue weighted by Gasteiger charge is 2.42.